The van der Waals surface area contributed by atoms with E-state index in [-0.39, 0.29) is 24.1 Å². The highest BCUT2D eigenvalue weighted by atomic mass is 16.6. The SMILES string of the molecule is CCC[C@@](NC(=O)OC(C)(C)C)(C(N)=O)c1ccc2c(c1)C(=O)N(Cc1cccc3ccccc13)C2=O. The van der Waals surface area contributed by atoms with Gasteiger partial charge in [0.15, 0.2) is 0 Å². The third kappa shape index (κ3) is 4.91. The normalized spacial score (nSPS) is 14.9. The van der Waals surface area contributed by atoms with Crippen LogP contribution in [0.3, 0.4) is 0 Å². The quantitative estimate of drug-likeness (QED) is 0.457. The molecule has 8 nitrogen and oxygen atoms in total. The van der Waals surface area contributed by atoms with Crippen molar-refractivity contribution in [3.63, 3.8) is 0 Å². The molecule has 0 saturated carbocycles. The van der Waals surface area contributed by atoms with Crippen LogP contribution in [0.4, 0.5) is 4.79 Å². The van der Waals surface area contributed by atoms with E-state index in [0.717, 1.165) is 16.3 Å². The number of carbonyl (C=O) groups excluding carboxylic acids is 4. The molecule has 1 aliphatic rings. The highest BCUT2D eigenvalue weighted by Crippen LogP contribution is 2.33. The molecule has 4 amide bonds. The van der Waals surface area contributed by atoms with E-state index in [2.05, 4.69) is 5.32 Å². The number of alkyl carbamates (subject to hydrolysis) is 1. The highest BCUT2D eigenvalue weighted by Gasteiger charge is 2.43. The molecular weight excluding hydrogens is 470 g/mol. The fourth-order valence-electron chi connectivity index (χ4n) is 4.76. The number of nitrogens with one attached hydrogen (secondary N) is 1. The summed E-state index contributed by atoms with van der Waals surface area (Å²) in [6.45, 7) is 7.09. The minimum Gasteiger partial charge on any atom is -0.444 e. The zero-order chi connectivity index (χ0) is 27.0. The molecule has 1 aliphatic heterocycles. The van der Waals surface area contributed by atoms with E-state index in [4.69, 9.17) is 10.5 Å². The molecule has 0 spiro atoms. The molecule has 1 atom stereocenters. The van der Waals surface area contributed by atoms with Gasteiger partial charge in [-0.1, -0.05) is 61.9 Å². The summed E-state index contributed by atoms with van der Waals surface area (Å²) in [5.74, 6) is -1.67. The van der Waals surface area contributed by atoms with Crippen molar-refractivity contribution in [3.8, 4) is 0 Å². The topological polar surface area (TPSA) is 119 Å². The van der Waals surface area contributed by atoms with Crippen LogP contribution in [0.15, 0.2) is 60.7 Å². The molecule has 0 aliphatic carbocycles. The summed E-state index contributed by atoms with van der Waals surface area (Å²) in [7, 11) is 0. The Labute approximate surface area is 215 Å². The maximum absolute atomic E-state index is 13.4. The summed E-state index contributed by atoms with van der Waals surface area (Å²) in [6.07, 6.45) is -0.113. The van der Waals surface area contributed by atoms with Gasteiger partial charge >= 0.3 is 6.09 Å². The molecule has 0 radical (unpaired) electrons. The second kappa shape index (κ2) is 9.69. The van der Waals surface area contributed by atoms with Crippen LogP contribution in [0.2, 0.25) is 0 Å². The molecule has 4 rings (SSSR count). The van der Waals surface area contributed by atoms with Gasteiger partial charge in [-0.3, -0.25) is 19.3 Å². The summed E-state index contributed by atoms with van der Waals surface area (Å²) < 4.78 is 5.37. The van der Waals surface area contributed by atoms with Crippen molar-refractivity contribution in [2.24, 2.45) is 5.73 Å². The summed E-state index contributed by atoms with van der Waals surface area (Å²) in [6, 6.07) is 18.1. The third-order valence-corrected chi connectivity index (χ3v) is 6.43. The minimum atomic E-state index is -1.61. The average Bonchev–Trinajstić information content (AvgIpc) is 3.07. The van der Waals surface area contributed by atoms with Crippen LogP contribution in [0.1, 0.15) is 72.4 Å². The highest BCUT2D eigenvalue weighted by molar-refractivity contribution is 6.21. The molecule has 1 heterocycles. The van der Waals surface area contributed by atoms with Crippen LogP contribution in [0, 0.1) is 0 Å². The predicted octanol–water partition coefficient (Wildman–Crippen LogP) is 4.64. The number of primary amides is 1. The Morgan fingerprint density at radius 1 is 0.946 bits per heavy atom. The van der Waals surface area contributed by atoms with E-state index in [1.807, 2.05) is 49.4 Å². The van der Waals surface area contributed by atoms with Gasteiger partial charge < -0.3 is 15.8 Å². The Kier molecular flexibility index (Phi) is 6.78. The minimum absolute atomic E-state index is 0.106. The molecule has 0 unspecified atom stereocenters. The van der Waals surface area contributed by atoms with Crippen molar-refractivity contribution in [2.75, 3.05) is 0 Å². The molecule has 3 N–H and O–H groups in total. The van der Waals surface area contributed by atoms with Crippen molar-refractivity contribution < 1.29 is 23.9 Å². The zero-order valence-corrected chi connectivity index (χ0v) is 21.5. The van der Waals surface area contributed by atoms with Gasteiger partial charge in [0.1, 0.15) is 11.1 Å². The number of benzene rings is 3. The van der Waals surface area contributed by atoms with Crippen LogP contribution in [0.25, 0.3) is 10.8 Å². The molecule has 0 aromatic heterocycles. The fraction of sp³-hybridized carbons (Fsp3) is 0.310. The molecule has 8 heteroatoms. The lowest BCUT2D eigenvalue weighted by Crippen LogP contribution is -2.55. The number of ether oxygens (including phenoxy) is 1. The average molecular weight is 502 g/mol. The van der Waals surface area contributed by atoms with Gasteiger partial charge in [-0.25, -0.2) is 4.79 Å². The lowest BCUT2D eigenvalue weighted by atomic mass is 9.83. The second-order valence-corrected chi connectivity index (χ2v) is 10.2. The van der Waals surface area contributed by atoms with Gasteiger partial charge in [0.05, 0.1) is 17.7 Å². The van der Waals surface area contributed by atoms with E-state index in [1.165, 1.54) is 17.0 Å². The largest absolute Gasteiger partial charge is 0.444 e. The van der Waals surface area contributed by atoms with Crippen molar-refractivity contribution in [2.45, 2.75) is 58.2 Å². The van der Waals surface area contributed by atoms with Gasteiger partial charge in [-0.2, -0.15) is 0 Å². The second-order valence-electron chi connectivity index (χ2n) is 10.2. The van der Waals surface area contributed by atoms with Gasteiger partial charge in [0.2, 0.25) is 5.91 Å². The van der Waals surface area contributed by atoms with Crippen LogP contribution in [-0.4, -0.2) is 34.3 Å². The lowest BCUT2D eigenvalue weighted by molar-refractivity contribution is -0.125. The van der Waals surface area contributed by atoms with Crippen LogP contribution in [0.5, 0.6) is 0 Å². The maximum atomic E-state index is 13.4. The van der Waals surface area contributed by atoms with E-state index < -0.39 is 35.0 Å². The smallest absolute Gasteiger partial charge is 0.408 e. The van der Waals surface area contributed by atoms with Gasteiger partial charge in [0, 0.05) is 0 Å². The summed E-state index contributed by atoms with van der Waals surface area (Å²) in [4.78, 5) is 53.3. The van der Waals surface area contributed by atoms with Crippen LogP contribution in [-0.2, 0) is 21.6 Å². The lowest BCUT2D eigenvalue weighted by Gasteiger charge is -2.33. The Morgan fingerprint density at radius 3 is 2.30 bits per heavy atom. The van der Waals surface area contributed by atoms with Crippen LogP contribution < -0.4 is 11.1 Å². The number of carbonyl (C=O) groups is 4. The summed E-state index contributed by atoms with van der Waals surface area (Å²) in [5, 5.41) is 4.62. The summed E-state index contributed by atoms with van der Waals surface area (Å²) >= 11 is 0. The third-order valence-electron chi connectivity index (χ3n) is 6.43. The molecule has 0 fully saturated rings. The number of amides is 4. The number of rotatable bonds is 7. The monoisotopic (exact) mass is 501 g/mol. The van der Waals surface area contributed by atoms with Crippen molar-refractivity contribution >= 4 is 34.6 Å². The first kappa shape index (κ1) is 25.9. The standard InChI is InChI=1S/C29H31N3O5/c1-5-15-29(26(30)35,31-27(36)37-28(2,3)4)20-13-14-22-23(16-20)25(34)32(24(22)33)17-19-11-8-10-18-9-6-7-12-21(18)19/h6-14,16H,5,15,17H2,1-4H3,(H2,30,35)(H,31,36)/t29-/m0/s1. The number of fused-ring (bicyclic) bond motifs is 2. The molecule has 3 aromatic carbocycles. The number of nitrogens with two attached hydrogens (primary N) is 1. The van der Waals surface area contributed by atoms with E-state index >= 15 is 0 Å². The molecular formula is C29H31N3O5. The van der Waals surface area contributed by atoms with Crippen LogP contribution >= 0.6 is 0 Å². The number of hydrogen-bond acceptors (Lipinski definition) is 5. The predicted molar refractivity (Wildman–Crippen MR) is 140 cm³/mol. The fourth-order valence-corrected chi connectivity index (χ4v) is 4.76. The van der Waals surface area contributed by atoms with Crippen molar-refractivity contribution in [1.29, 1.82) is 0 Å². The summed E-state index contributed by atoms with van der Waals surface area (Å²) in [5.41, 5.74) is 4.98. The first-order chi connectivity index (χ1) is 17.5. The molecule has 0 bridgehead atoms. The Balaban J connectivity index is 1.70. The molecule has 3 aromatic rings. The van der Waals surface area contributed by atoms with E-state index in [9.17, 15) is 19.2 Å². The zero-order valence-electron chi connectivity index (χ0n) is 21.5. The van der Waals surface area contributed by atoms with Crippen molar-refractivity contribution in [1.82, 2.24) is 10.2 Å². The van der Waals surface area contributed by atoms with E-state index in [0.29, 0.717) is 12.0 Å². The number of nitrogens with zero attached hydrogens (tertiary/aromatic N) is 1. The Bertz CT molecular complexity index is 1400. The number of hydrogen-bond donors (Lipinski definition) is 2. The molecule has 0 saturated heterocycles. The van der Waals surface area contributed by atoms with Gasteiger partial charge in [-0.15, -0.1) is 0 Å². The van der Waals surface area contributed by atoms with E-state index in [1.54, 1.807) is 26.8 Å². The van der Waals surface area contributed by atoms with Gasteiger partial charge in [0.25, 0.3) is 11.8 Å². The van der Waals surface area contributed by atoms with Gasteiger partial charge in [-0.05, 0) is 61.2 Å². The number of imide groups is 1. The molecule has 192 valence electrons. The van der Waals surface area contributed by atoms with Crippen molar-refractivity contribution in [3.05, 3.63) is 82.9 Å². The Hall–Kier alpha value is -4.20. The molecule has 37 heavy (non-hydrogen) atoms. The first-order valence-electron chi connectivity index (χ1n) is 12.3. The Morgan fingerprint density at radius 2 is 1.62 bits per heavy atom. The first-order valence-corrected chi connectivity index (χ1v) is 12.3. The maximum Gasteiger partial charge on any atom is 0.408 e.